The first kappa shape index (κ1) is 20.2. The lowest BCUT2D eigenvalue weighted by atomic mass is 9.98. The van der Waals surface area contributed by atoms with Crippen LogP contribution >= 0.6 is 0 Å². The number of alkyl halides is 2. The van der Waals surface area contributed by atoms with Crippen LogP contribution in [-0.4, -0.2) is 14.4 Å². The van der Waals surface area contributed by atoms with Gasteiger partial charge in [-0.25, -0.2) is 4.39 Å². The fourth-order valence-corrected chi connectivity index (χ4v) is 5.72. The van der Waals surface area contributed by atoms with E-state index in [-0.39, 0.29) is 5.56 Å². The highest BCUT2D eigenvalue weighted by Crippen LogP contribution is 2.39. The van der Waals surface area contributed by atoms with Gasteiger partial charge in [0, 0.05) is 11.6 Å². The molecular weight excluding hydrogens is 319 g/mol. The van der Waals surface area contributed by atoms with Crippen LogP contribution in [0.3, 0.4) is 0 Å². The minimum atomic E-state index is -3.40. The second-order valence-electron chi connectivity index (χ2n) is 6.12. The monoisotopic (exact) mass is 347 g/mol. The molecule has 0 spiro atoms. The normalized spacial score (nSPS) is 15.5. The van der Waals surface area contributed by atoms with Crippen LogP contribution in [0, 0.1) is 5.82 Å². The number of nitrogens with two attached hydrogens (primary N) is 1. The molecule has 0 aromatic heterocycles. The molecule has 1 aromatic rings. The van der Waals surface area contributed by atoms with Crippen molar-refractivity contribution in [3.63, 3.8) is 0 Å². The maximum absolute atomic E-state index is 14.8. The zero-order chi connectivity index (χ0) is 17.8. The Kier molecular flexibility index (Phi) is 6.86. The lowest BCUT2D eigenvalue weighted by Crippen LogP contribution is -2.44. The summed E-state index contributed by atoms with van der Waals surface area (Å²) in [5, 5.41) is 0. The van der Waals surface area contributed by atoms with Gasteiger partial charge in [-0.1, -0.05) is 32.9 Å². The topological polar surface area (TPSA) is 35.2 Å². The average molecular weight is 347 g/mol. The standard InChI is InChI=1S/C17H28F3NOSi/c1-6-23(7-2,8-3)22-13(5)17(19,20)15-11-9-10-14(12(4)21)16(15)18/h9-13H,6-8,21H2,1-5H3. The van der Waals surface area contributed by atoms with Crippen LogP contribution < -0.4 is 5.73 Å². The molecule has 0 aliphatic rings. The second-order valence-corrected chi connectivity index (χ2v) is 10.8. The summed E-state index contributed by atoms with van der Waals surface area (Å²) in [6.45, 7) is 8.83. The summed E-state index contributed by atoms with van der Waals surface area (Å²) in [7, 11) is -2.20. The maximum atomic E-state index is 14.8. The molecule has 1 aromatic carbocycles. The zero-order valence-electron chi connectivity index (χ0n) is 14.6. The van der Waals surface area contributed by atoms with Crippen LogP contribution in [0.1, 0.15) is 51.8 Å². The molecule has 0 saturated heterocycles. The molecule has 6 heteroatoms. The van der Waals surface area contributed by atoms with E-state index in [9.17, 15) is 13.2 Å². The Balaban J connectivity index is 3.18. The van der Waals surface area contributed by atoms with Gasteiger partial charge in [-0.05, 0) is 38.0 Å². The van der Waals surface area contributed by atoms with Crippen molar-refractivity contribution >= 4 is 8.32 Å². The van der Waals surface area contributed by atoms with Crippen molar-refractivity contribution in [2.75, 3.05) is 0 Å². The van der Waals surface area contributed by atoms with E-state index in [2.05, 4.69) is 0 Å². The molecule has 0 fully saturated rings. The molecule has 1 rings (SSSR count). The van der Waals surface area contributed by atoms with E-state index in [0.29, 0.717) is 0 Å². The summed E-state index contributed by atoms with van der Waals surface area (Å²) in [6.07, 6.45) is -1.37. The Hall–Kier alpha value is -0.853. The minimum absolute atomic E-state index is 0.0966. The van der Waals surface area contributed by atoms with E-state index >= 15 is 0 Å². The van der Waals surface area contributed by atoms with E-state index in [4.69, 9.17) is 10.2 Å². The molecule has 2 atom stereocenters. The molecule has 0 amide bonds. The van der Waals surface area contributed by atoms with Gasteiger partial charge in [0.1, 0.15) is 11.9 Å². The average Bonchev–Trinajstić information content (AvgIpc) is 2.52. The molecule has 0 aliphatic heterocycles. The first-order valence-corrected chi connectivity index (χ1v) is 10.8. The highest BCUT2D eigenvalue weighted by atomic mass is 28.4. The zero-order valence-corrected chi connectivity index (χ0v) is 15.6. The lowest BCUT2D eigenvalue weighted by molar-refractivity contribution is -0.101. The third-order valence-electron chi connectivity index (χ3n) is 4.75. The van der Waals surface area contributed by atoms with Gasteiger partial charge in [0.2, 0.25) is 0 Å². The number of hydrogen-bond donors (Lipinski definition) is 1. The molecule has 0 heterocycles. The molecule has 2 N–H and O–H groups in total. The minimum Gasteiger partial charge on any atom is -0.408 e. The smallest absolute Gasteiger partial charge is 0.300 e. The molecule has 2 unspecified atom stereocenters. The third kappa shape index (κ3) is 4.16. The van der Waals surface area contributed by atoms with Crippen molar-refractivity contribution in [2.45, 2.75) is 70.8 Å². The fraction of sp³-hybridized carbons (Fsp3) is 0.647. The molecule has 0 radical (unpaired) electrons. The fourth-order valence-electron chi connectivity index (χ4n) is 2.83. The SMILES string of the molecule is CC[Si](CC)(CC)OC(C)C(F)(F)c1cccc(C(C)N)c1F. The number of halogens is 3. The third-order valence-corrected chi connectivity index (χ3v) is 9.47. The Morgan fingerprint density at radius 3 is 2.09 bits per heavy atom. The van der Waals surface area contributed by atoms with Crippen molar-refractivity contribution in [1.82, 2.24) is 0 Å². The van der Waals surface area contributed by atoms with Crippen LogP contribution in [0.25, 0.3) is 0 Å². The van der Waals surface area contributed by atoms with Gasteiger partial charge in [0.05, 0.1) is 5.56 Å². The molecular formula is C17H28F3NOSi. The van der Waals surface area contributed by atoms with Gasteiger partial charge >= 0.3 is 0 Å². The van der Waals surface area contributed by atoms with E-state index < -0.39 is 37.8 Å². The van der Waals surface area contributed by atoms with Crippen molar-refractivity contribution in [1.29, 1.82) is 0 Å². The summed E-state index contributed by atoms with van der Waals surface area (Å²) in [5.74, 6) is -4.33. The first-order valence-electron chi connectivity index (χ1n) is 8.25. The first-order chi connectivity index (χ1) is 10.6. The van der Waals surface area contributed by atoms with Crippen molar-refractivity contribution < 1.29 is 17.6 Å². The molecule has 23 heavy (non-hydrogen) atoms. The van der Waals surface area contributed by atoms with Gasteiger partial charge in [0.15, 0.2) is 8.32 Å². The quantitative estimate of drug-likeness (QED) is 0.644. The Morgan fingerprint density at radius 1 is 1.13 bits per heavy atom. The Bertz CT molecular complexity index is 510. The second kappa shape index (κ2) is 7.81. The molecule has 132 valence electrons. The summed E-state index contributed by atoms with van der Waals surface area (Å²) in [6, 6.07) is 5.64. The van der Waals surface area contributed by atoms with Crippen LogP contribution in [0.15, 0.2) is 18.2 Å². The van der Waals surface area contributed by atoms with Gasteiger partial charge in [0.25, 0.3) is 5.92 Å². The van der Waals surface area contributed by atoms with Crippen molar-refractivity contribution in [3.05, 3.63) is 35.1 Å². The van der Waals surface area contributed by atoms with Crippen LogP contribution in [0.4, 0.5) is 13.2 Å². The molecule has 0 saturated carbocycles. The number of hydrogen-bond acceptors (Lipinski definition) is 2. The molecule has 0 bridgehead atoms. The largest absolute Gasteiger partial charge is 0.408 e. The summed E-state index contributed by atoms with van der Waals surface area (Å²) in [5.41, 5.74) is 5.12. The molecule has 0 aliphatic carbocycles. The van der Waals surface area contributed by atoms with Crippen molar-refractivity contribution in [2.24, 2.45) is 5.73 Å². The summed E-state index contributed by atoms with van der Waals surface area (Å²) in [4.78, 5) is 0. The van der Waals surface area contributed by atoms with E-state index in [1.165, 1.54) is 19.1 Å². The van der Waals surface area contributed by atoms with Gasteiger partial charge in [-0.3, -0.25) is 0 Å². The lowest BCUT2D eigenvalue weighted by Gasteiger charge is -2.35. The van der Waals surface area contributed by atoms with Crippen molar-refractivity contribution in [3.8, 4) is 0 Å². The van der Waals surface area contributed by atoms with Gasteiger partial charge < -0.3 is 10.2 Å². The van der Waals surface area contributed by atoms with Crippen LogP contribution in [-0.2, 0) is 10.3 Å². The highest BCUT2D eigenvalue weighted by Gasteiger charge is 2.45. The maximum Gasteiger partial charge on any atom is 0.300 e. The van der Waals surface area contributed by atoms with E-state index in [1.807, 2.05) is 20.8 Å². The van der Waals surface area contributed by atoms with E-state index in [1.54, 1.807) is 6.92 Å². The Morgan fingerprint density at radius 2 is 1.65 bits per heavy atom. The number of rotatable bonds is 8. The molecule has 2 nitrogen and oxygen atoms in total. The van der Waals surface area contributed by atoms with Gasteiger partial charge in [-0.15, -0.1) is 0 Å². The summed E-state index contributed by atoms with van der Waals surface area (Å²) >= 11 is 0. The number of benzene rings is 1. The summed E-state index contributed by atoms with van der Waals surface area (Å²) < 4.78 is 49.9. The predicted octanol–water partition coefficient (Wildman–Crippen LogP) is 5.35. The van der Waals surface area contributed by atoms with Crippen LogP contribution in [0.5, 0.6) is 0 Å². The van der Waals surface area contributed by atoms with Crippen LogP contribution in [0.2, 0.25) is 18.1 Å². The Labute approximate surface area is 138 Å². The van der Waals surface area contributed by atoms with Gasteiger partial charge in [-0.2, -0.15) is 8.78 Å². The highest BCUT2D eigenvalue weighted by molar-refractivity contribution is 6.73. The van der Waals surface area contributed by atoms with E-state index in [0.717, 1.165) is 24.2 Å². The predicted molar refractivity (Wildman–Crippen MR) is 90.6 cm³/mol.